The molecule has 0 aliphatic rings. The Hall–Kier alpha value is 3.49. The predicted octanol–water partition coefficient (Wildman–Crippen LogP) is -2.11. The van der Waals surface area contributed by atoms with E-state index in [-0.39, 0.29) is 96.1 Å². The van der Waals surface area contributed by atoms with E-state index in [9.17, 15) is 0 Å². The third kappa shape index (κ3) is 25.9. The largest absolute Gasteiger partial charge is 0.0852 e. The predicted molar refractivity (Wildman–Crippen MR) is 18.5 cm³/mol. The molecule has 0 spiro atoms. The van der Waals surface area contributed by atoms with Crippen molar-refractivity contribution in [1.29, 1.82) is 0 Å². The Bertz CT molecular complexity index is 15.5. The van der Waals surface area contributed by atoms with E-state index in [0.29, 0.717) is 0 Å². The van der Waals surface area contributed by atoms with Crippen LogP contribution < -0.4 is 0 Å². The molecule has 0 aromatic rings. The molecule has 0 fully saturated rings. The van der Waals surface area contributed by atoms with Crippen LogP contribution in [0.1, 0.15) is 0 Å². The van der Waals surface area contributed by atoms with Gasteiger partial charge in [0.05, 0.1) is 7.44 Å². The molecule has 0 nitrogen and oxygen atoms in total. The topological polar surface area (TPSA) is 0 Å². The van der Waals surface area contributed by atoms with Gasteiger partial charge in [0.15, 0.2) is 0 Å². The zero-order valence-corrected chi connectivity index (χ0v) is 15.8. The first kappa shape index (κ1) is 33.9. The van der Waals surface area contributed by atoms with E-state index in [1.165, 1.54) is 10.1 Å². The van der Waals surface area contributed by atoms with E-state index in [4.69, 9.17) is 0 Å². The van der Waals surface area contributed by atoms with Crippen LogP contribution in [0.2, 0.25) is 0 Å². The molecule has 0 N–H and O–H groups in total. The van der Waals surface area contributed by atoms with Gasteiger partial charge >= 0.3 is 0 Å². The monoisotopic (exact) mass is 455 g/mol. The van der Waals surface area contributed by atoms with Crippen molar-refractivity contribution in [2.24, 2.45) is 0 Å². The summed E-state index contributed by atoms with van der Waals surface area (Å²) < 4.78 is 0. The minimum atomic E-state index is 0. The molecule has 0 bridgehead atoms. The molecule has 0 rings (SSSR count). The van der Waals surface area contributed by atoms with Crippen molar-refractivity contribution in [2.75, 3.05) is 0 Å². The smallest absolute Gasteiger partial charge is 0.0304 e. The molecule has 6 heavy (non-hydrogen) atoms. The number of rotatable bonds is 0. The van der Waals surface area contributed by atoms with E-state index < -0.39 is 0 Å². The van der Waals surface area contributed by atoms with Gasteiger partial charge in [-0.05, 0) is 10.1 Å². The molecule has 29 valence electrons. The molecular weight excluding hydrogens is 449 g/mol. The maximum atomic E-state index is 2.14. The summed E-state index contributed by atoms with van der Waals surface area (Å²) >= 11 is 0. The van der Waals surface area contributed by atoms with Gasteiger partial charge in [0.25, 0.3) is 0 Å². The van der Waals surface area contributed by atoms with Crippen molar-refractivity contribution in [3.63, 3.8) is 0 Å². The average Bonchev–Trinajstić information content (AvgIpc) is 1.00. The third-order valence-corrected chi connectivity index (χ3v) is 0. The van der Waals surface area contributed by atoms with E-state index in [0.717, 1.165) is 0 Å². The van der Waals surface area contributed by atoms with Crippen LogP contribution >= 0.6 is 0 Å². The molecule has 1 radical (unpaired) electrons. The number of hydrogen-bond acceptors (Lipinski definition) is 0. The first-order chi connectivity index (χ1) is 1.00. The normalized spacial score (nSPS) is 1.33. The number of hydrogen-bond donors (Lipinski definition) is 0. The van der Waals surface area contributed by atoms with Gasteiger partial charge in [-0.15, -0.1) is 0 Å². The van der Waals surface area contributed by atoms with Crippen molar-refractivity contribution in [3.05, 3.63) is 0 Å². The fourth-order valence-corrected chi connectivity index (χ4v) is 0. The van der Waals surface area contributed by atoms with Crippen LogP contribution in [0.5, 0.6) is 0 Å². The van der Waals surface area contributed by atoms with Crippen LogP contribution in [-0.2, 0) is 96.1 Å². The second-order valence-electron chi connectivity index (χ2n) is 0. The van der Waals surface area contributed by atoms with E-state index >= 15 is 0 Å². The van der Waals surface area contributed by atoms with Gasteiger partial charge in [-0.3, -0.25) is 0 Å². The summed E-state index contributed by atoms with van der Waals surface area (Å²) in [6.45, 7) is 0. The Morgan fingerprint density at radius 3 is 1.17 bits per heavy atom. The molecule has 0 aliphatic carbocycles. The maximum absolute atomic E-state index is 2.14. The Labute approximate surface area is 111 Å². The Morgan fingerprint density at radius 1 is 1.17 bits per heavy atom. The van der Waals surface area contributed by atoms with Crippen LogP contribution in [0.3, 0.4) is 0 Å². The van der Waals surface area contributed by atoms with E-state index in [1.54, 1.807) is 0 Å². The minimum absolute atomic E-state index is 0. The van der Waals surface area contributed by atoms with E-state index in [1.807, 2.05) is 0 Å². The molecule has 0 aliphatic heterocycles. The molecule has 0 saturated heterocycles. The summed E-state index contributed by atoms with van der Waals surface area (Å²) in [5, 5.41) is 0. The zero-order valence-electron chi connectivity index (χ0n) is 3.95. The van der Waals surface area contributed by atoms with E-state index in [2.05, 4.69) is 7.44 Å². The summed E-state index contributed by atoms with van der Waals surface area (Å²) in [4.78, 5) is 0. The molecule has 0 amide bonds. The molecule has 0 saturated carbocycles. The third-order valence-electron chi connectivity index (χ3n) is 0. The first-order valence-electron chi connectivity index (χ1n) is 1.00. The van der Waals surface area contributed by atoms with Gasteiger partial charge < -0.3 is 0 Å². The molecular formula is H5BHfNbSiTiZr. The molecule has 0 aromatic heterocycles. The van der Waals surface area contributed by atoms with Crippen molar-refractivity contribution in [2.45, 2.75) is 0 Å². The average molecular weight is 454 g/mol. The summed E-state index contributed by atoms with van der Waals surface area (Å²) in [5.74, 6) is 0. The second-order valence-corrected chi connectivity index (χ2v) is 0. The Balaban J connectivity index is -0.000000000833. The van der Waals surface area contributed by atoms with Crippen LogP contribution in [0.25, 0.3) is 0 Å². The molecule has 0 aromatic carbocycles. The van der Waals surface area contributed by atoms with Crippen molar-refractivity contribution >= 4 is 17.6 Å². The minimum Gasteiger partial charge on any atom is -0.0304 e. The van der Waals surface area contributed by atoms with Gasteiger partial charge in [0.2, 0.25) is 0 Å². The fraction of sp³-hybridized carbons (Fsp3) is 0. The maximum Gasteiger partial charge on any atom is 0.0852 e. The zero-order chi connectivity index (χ0) is 2.00. The van der Waals surface area contributed by atoms with Gasteiger partial charge in [-0.1, -0.05) is 0 Å². The van der Waals surface area contributed by atoms with Crippen molar-refractivity contribution < 1.29 is 96.1 Å². The summed E-state index contributed by atoms with van der Waals surface area (Å²) in [7, 11) is 3.44. The molecule has 0 atom stereocenters. The van der Waals surface area contributed by atoms with Crippen molar-refractivity contribution in [3.8, 4) is 0 Å². The Morgan fingerprint density at radius 2 is 1.17 bits per heavy atom. The van der Waals surface area contributed by atoms with Gasteiger partial charge in [0, 0.05) is 96.1 Å². The first-order valence-corrected chi connectivity index (χ1v) is 3.00. The summed E-state index contributed by atoms with van der Waals surface area (Å²) in [5.41, 5.74) is 0. The van der Waals surface area contributed by atoms with Crippen LogP contribution in [0, 0.1) is 0 Å². The SMILES string of the molecule is B[SiH3].[Hf].[Nb].[Ti].[Zr]. The second kappa shape index (κ2) is 39.1. The van der Waals surface area contributed by atoms with Crippen LogP contribution in [0.15, 0.2) is 0 Å². The van der Waals surface area contributed by atoms with Crippen LogP contribution in [0.4, 0.5) is 0 Å². The van der Waals surface area contributed by atoms with Crippen molar-refractivity contribution in [1.82, 2.24) is 0 Å². The summed E-state index contributed by atoms with van der Waals surface area (Å²) in [6, 6.07) is 0. The van der Waals surface area contributed by atoms with Gasteiger partial charge in [-0.25, -0.2) is 0 Å². The van der Waals surface area contributed by atoms with Gasteiger partial charge in [-0.2, -0.15) is 0 Å². The standard InChI is InChI=1S/BH5Si.Hf.Nb.Ti.Zr/c1-2;;;;/h1H2,2H3;;;;. The van der Waals surface area contributed by atoms with Gasteiger partial charge in [0.1, 0.15) is 0 Å². The Kier molecular flexibility index (Phi) is 221. The molecule has 0 unspecified atom stereocenters. The molecule has 6 heteroatoms. The molecule has 0 heterocycles. The quantitative estimate of drug-likeness (QED) is 0.368. The van der Waals surface area contributed by atoms with Crippen LogP contribution in [-0.4, -0.2) is 17.6 Å². The fourth-order valence-electron chi connectivity index (χ4n) is 0. The summed E-state index contributed by atoms with van der Waals surface area (Å²) in [6.07, 6.45) is 0.